The molecule has 0 aromatic carbocycles. The second kappa shape index (κ2) is 8.89. The summed E-state index contributed by atoms with van der Waals surface area (Å²) >= 11 is 0. The first-order valence-electron chi connectivity index (χ1n) is 9.67. The number of methoxy groups -OCH3 is 1. The van der Waals surface area contributed by atoms with Crippen molar-refractivity contribution in [3.05, 3.63) is 11.5 Å². The van der Waals surface area contributed by atoms with Crippen LogP contribution >= 0.6 is 0 Å². The number of carbonyl (C=O) groups is 1. The monoisotopic (exact) mass is 415 g/mol. The van der Waals surface area contributed by atoms with Crippen LogP contribution in [0.2, 0.25) is 0 Å². The highest BCUT2D eigenvalue weighted by Crippen LogP contribution is 2.29. The van der Waals surface area contributed by atoms with Gasteiger partial charge in [0.25, 0.3) is 0 Å². The molecule has 2 fully saturated rings. The highest BCUT2D eigenvalue weighted by atomic mass is 32.2. The summed E-state index contributed by atoms with van der Waals surface area (Å²) < 4.78 is 43.0. The van der Waals surface area contributed by atoms with Crippen LogP contribution in [0.25, 0.3) is 0 Å². The van der Waals surface area contributed by atoms with Crippen molar-refractivity contribution in [2.45, 2.75) is 56.5 Å². The number of amides is 1. The number of aromatic nitrogens is 1. The number of ether oxygens (including phenoxy) is 2. The third-order valence-corrected chi connectivity index (χ3v) is 7.67. The van der Waals surface area contributed by atoms with Crippen molar-refractivity contribution in [3.8, 4) is 0 Å². The summed E-state index contributed by atoms with van der Waals surface area (Å²) in [5.74, 6) is 0.264. The van der Waals surface area contributed by atoms with Crippen molar-refractivity contribution < 1.29 is 27.2 Å². The van der Waals surface area contributed by atoms with Gasteiger partial charge in [-0.25, -0.2) is 8.42 Å². The topological polar surface area (TPSA) is 102 Å². The van der Waals surface area contributed by atoms with E-state index in [9.17, 15) is 13.2 Å². The van der Waals surface area contributed by atoms with E-state index >= 15 is 0 Å². The van der Waals surface area contributed by atoms with Crippen LogP contribution in [0.1, 0.15) is 37.1 Å². The smallest absolute Gasteiger partial charge is 0.249 e. The summed E-state index contributed by atoms with van der Waals surface area (Å²) in [4.78, 5) is 14.8. The molecule has 1 aromatic heterocycles. The lowest BCUT2D eigenvalue weighted by Gasteiger charge is -2.43. The first-order chi connectivity index (χ1) is 13.4. The molecule has 28 heavy (non-hydrogen) atoms. The van der Waals surface area contributed by atoms with Crippen molar-refractivity contribution in [1.82, 2.24) is 14.4 Å². The number of aryl methyl sites for hydroxylation is 2. The van der Waals surface area contributed by atoms with E-state index in [4.69, 9.17) is 14.0 Å². The predicted molar refractivity (Wildman–Crippen MR) is 100 cm³/mol. The SMILES string of the molecule is COCC(=O)N(C1CCOCC1)C1CCN(S(=O)(=O)c2c(C)noc2C)CC1. The number of sulfonamides is 1. The standard InChI is InChI=1S/C18H29N3O6S/c1-13-18(14(2)27-19-13)28(23,24)20-8-4-15(5-9-20)21(17(22)12-25-3)16-6-10-26-11-7-16/h15-16H,4-12H2,1-3H3. The first-order valence-corrected chi connectivity index (χ1v) is 11.1. The van der Waals surface area contributed by atoms with Crippen LogP contribution in [-0.4, -0.2) is 80.8 Å². The first kappa shape index (κ1) is 21.2. The van der Waals surface area contributed by atoms with Crippen molar-refractivity contribution in [3.63, 3.8) is 0 Å². The highest BCUT2D eigenvalue weighted by molar-refractivity contribution is 7.89. The molecule has 2 aliphatic heterocycles. The fourth-order valence-electron chi connectivity index (χ4n) is 4.20. The van der Waals surface area contributed by atoms with Gasteiger partial charge in [-0.1, -0.05) is 5.16 Å². The maximum Gasteiger partial charge on any atom is 0.249 e. The third-order valence-electron chi connectivity index (χ3n) is 5.52. The Labute approximate surface area is 166 Å². The highest BCUT2D eigenvalue weighted by Gasteiger charge is 2.38. The lowest BCUT2D eigenvalue weighted by molar-refractivity contribution is -0.143. The normalized spacial score (nSPS) is 20.4. The van der Waals surface area contributed by atoms with Gasteiger partial charge in [-0.2, -0.15) is 4.31 Å². The Kier molecular flexibility index (Phi) is 6.74. The lowest BCUT2D eigenvalue weighted by Crippen LogP contribution is -2.54. The van der Waals surface area contributed by atoms with Gasteiger partial charge in [0.2, 0.25) is 15.9 Å². The van der Waals surface area contributed by atoms with Crippen LogP contribution in [0.15, 0.2) is 9.42 Å². The van der Waals surface area contributed by atoms with E-state index in [0.29, 0.717) is 50.6 Å². The van der Waals surface area contributed by atoms with E-state index in [0.717, 1.165) is 12.8 Å². The van der Waals surface area contributed by atoms with Crippen molar-refractivity contribution in [2.75, 3.05) is 40.0 Å². The van der Waals surface area contributed by atoms with Gasteiger partial charge in [0.15, 0.2) is 5.76 Å². The molecule has 10 heteroatoms. The minimum Gasteiger partial charge on any atom is -0.381 e. The fourth-order valence-corrected chi connectivity index (χ4v) is 5.96. The summed E-state index contributed by atoms with van der Waals surface area (Å²) in [6, 6.07) is 0.119. The second-order valence-corrected chi connectivity index (χ2v) is 9.24. The largest absolute Gasteiger partial charge is 0.381 e. The molecular formula is C18H29N3O6S. The van der Waals surface area contributed by atoms with E-state index in [-0.39, 0.29) is 29.5 Å². The molecule has 158 valence electrons. The molecule has 3 rings (SSSR count). The van der Waals surface area contributed by atoms with Crippen LogP contribution in [0.4, 0.5) is 0 Å². The van der Waals surface area contributed by atoms with Crippen LogP contribution in [0.3, 0.4) is 0 Å². The second-order valence-electron chi connectivity index (χ2n) is 7.37. The molecule has 0 atom stereocenters. The molecule has 0 saturated carbocycles. The lowest BCUT2D eigenvalue weighted by atomic mass is 9.98. The minimum absolute atomic E-state index is 0.00173. The molecule has 0 aliphatic carbocycles. The van der Waals surface area contributed by atoms with E-state index in [1.54, 1.807) is 13.8 Å². The number of nitrogens with zero attached hydrogens (tertiary/aromatic N) is 3. The third kappa shape index (κ3) is 4.24. The maximum atomic E-state index is 13.0. The van der Waals surface area contributed by atoms with Gasteiger partial charge >= 0.3 is 0 Å². The minimum atomic E-state index is -3.66. The Morgan fingerprint density at radius 3 is 2.32 bits per heavy atom. The Bertz CT molecular complexity index is 760. The van der Waals surface area contributed by atoms with Crippen LogP contribution in [-0.2, 0) is 24.3 Å². The average Bonchev–Trinajstić information content (AvgIpc) is 3.02. The number of hydrogen-bond acceptors (Lipinski definition) is 7. The molecule has 0 radical (unpaired) electrons. The molecule has 1 amide bonds. The summed E-state index contributed by atoms with van der Waals surface area (Å²) in [6.45, 7) is 5.27. The Balaban J connectivity index is 1.72. The average molecular weight is 416 g/mol. The zero-order valence-corrected chi connectivity index (χ0v) is 17.5. The van der Waals surface area contributed by atoms with Gasteiger partial charge in [0.1, 0.15) is 17.2 Å². The molecule has 0 unspecified atom stereocenters. The zero-order chi connectivity index (χ0) is 20.3. The van der Waals surface area contributed by atoms with Crippen LogP contribution in [0, 0.1) is 13.8 Å². The molecule has 2 aliphatic rings. The van der Waals surface area contributed by atoms with Gasteiger partial charge in [-0.3, -0.25) is 4.79 Å². The molecule has 0 bridgehead atoms. The van der Waals surface area contributed by atoms with Crippen LogP contribution in [0.5, 0.6) is 0 Å². The van der Waals surface area contributed by atoms with E-state index in [2.05, 4.69) is 5.16 Å². The molecule has 9 nitrogen and oxygen atoms in total. The van der Waals surface area contributed by atoms with E-state index in [1.807, 2.05) is 4.90 Å². The van der Waals surface area contributed by atoms with Gasteiger partial charge in [0, 0.05) is 45.5 Å². The fraction of sp³-hybridized carbons (Fsp3) is 0.778. The number of hydrogen-bond donors (Lipinski definition) is 0. The van der Waals surface area contributed by atoms with Gasteiger partial charge < -0.3 is 18.9 Å². The number of piperidine rings is 1. The Morgan fingerprint density at radius 2 is 1.79 bits per heavy atom. The van der Waals surface area contributed by atoms with E-state index < -0.39 is 10.0 Å². The molecule has 0 N–H and O–H groups in total. The Hall–Kier alpha value is -1.49. The van der Waals surface area contributed by atoms with Crippen molar-refractivity contribution in [2.24, 2.45) is 0 Å². The van der Waals surface area contributed by atoms with Crippen molar-refractivity contribution in [1.29, 1.82) is 0 Å². The molecule has 0 spiro atoms. The molecule has 2 saturated heterocycles. The molecule has 1 aromatic rings. The Morgan fingerprint density at radius 1 is 1.18 bits per heavy atom. The maximum absolute atomic E-state index is 13.0. The van der Waals surface area contributed by atoms with Crippen LogP contribution < -0.4 is 0 Å². The zero-order valence-electron chi connectivity index (χ0n) is 16.7. The molecular weight excluding hydrogens is 386 g/mol. The quantitative estimate of drug-likeness (QED) is 0.685. The summed E-state index contributed by atoms with van der Waals surface area (Å²) in [7, 11) is -2.14. The van der Waals surface area contributed by atoms with E-state index in [1.165, 1.54) is 11.4 Å². The van der Waals surface area contributed by atoms with Gasteiger partial charge in [-0.05, 0) is 39.5 Å². The van der Waals surface area contributed by atoms with Crippen molar-refractivity contribution >= 4 is 15.9 Å². The van der Waals surface area contributed by atoms with Gasteiger partial charge in [-0.15, -0.1) is 0 Å². The number of rotatable bonds is 6. The summed E-state index contributed by atoms with van der Waals surface area (Å²) in [5, 5.41) is 3.77. The summed E-state index contributed by atoms with van der Waals surface area (Å²) in [5.41, 5.74) is 0.374. The van der Waals surface area contributed by atoms with Gasteiger partial charge in [0.05, 0.1) is 0 Å². The predicted octanol–water partition coefficient (Wildman–Crippen LogP) is 1.10. The molecule has 3 heterocycles. The summed E-state index contributed by atoms with van der Waals surface area (Å²) in [6.07, 6.45) is 2.78. The number of carbonyl (C=O) groups excluding carboxylic acids is 1.